The van der Waals surface area contributed by atoms with Gasteiger partial charge < -0.3 is 0 Å². The number of nitrogens with zero attached hydrogens (tertiary/aromatic N) is 4. The molecule has 7 heteroatoms. The summed E-state index contributed by atoms with van der Waals surface area (Å²) in [6, 6.07) is 2.01. The van der Waals surface area contributed by atoms with Crippen molar-refractivity contribution in [3.63, 3.8) is 0 Å². The standard InChI is InChI=1S/C14H23ClN6/c1-5-20-12(7-9(3)18-20)11(17-16)8-13-14(15)10(4)19-21(13)6-2/h7,11,17H,5-6,8,16H2,1-4H3. The van der Waals surface area contributed by atoms with E-state index in [9.17, 15) is 0 Å². The fourth-order valence-corrected chi connectivity index (χ4v) is 2.82. The summed E-state index contributed by atoms with van der Waals surface area (Å²) in [5.41, 5.74) is 6.78. The first-order valence-corrected chi connectivity index (χ1v) is 7.61. The molecule has 0 amide bonds. The van der Waals surface area contributed by atoms with Gasteiger partial charge in [0.2, 0.25) is 0 Å². The van der Waals surface area contributed by atoms with Crippen LogP contribution < -0.4 is 11.3 Å². The number of hydrazine groups is 1. The van der Waals surface area contributed by atoms with Gasteiger partial charge in [-0.3, -0.25) is 20.6 Å². The molecule has 2 aromatic heterocycles. The second kappa shape index (κ2) is 6.60. The maximum Gasteiger partial charge on any atom is 0.0847 e. The van der Waals surface area contributed by atoms with Crippen LogP contribution in [0.5, 0.6) is 0 Å². The van der Waals surface area contributed by atoms with Crippen molar-refractivity contribution in [1.29, 1.82) is 0 Å². The summed E-state index contributed by atoms with van der Waals surface area (Å²) in [5, 5.41) is 9.65. The molecule has 0 aliphatic heterocycles. The molecule has 0 aliphatic rings. The Morgan fingerprint density at radius 1 is 1.24 bits per heavy atom. The van der Waals surface area contributed by atoms with E-state index in [-0.39, 0.29) is 6.04 Å². The van der Waals surface area contributed by atoms with Crippen molar-refractivity contribution in [2.75, 3.05) is 0 Å². The number of rotatable bonds is 6. The summed E-state index contributed by atoms with van der Waals surface area (Å²) in [4.78, 5) is 0. The molecule has 0 radical (unpaired) electrons. The van der Waals surface area contributed by atoms with Crippen molar-refractivity contribution in [2.45, 2.75) is 53.2 Å². The lowest BCUT2D eigenvalue weighted by Gasteiger charge is -2.18. The summed E-state index contributed by atoms with van der Waals surface area (Å²) in [5.74, 6) is 5.77. The second-order valence-corrected chi connectivity index (χ2v) is 5.49. The molecule has 0 fully saturated rings. The number of aromatic nitrogens is 4. The summed E-state index contributed by atoms with van der Waals surface area (Å²) in [6.45, 7) is 9.61. The van der Waals surface area contributed by atoms with Crippen LogP contribution in [0.4, 0.5) is 0 Å². The number of halogens is 1. The molecular weight excluding hydrogens is 288 g/mol. The number of hydrogen-bond acceptors (Lipinski definition) is 4. The highest BCUT2D eigenvalue weighted by atomic mass is 35.5. The van der Waals surface area contributed by atoms with E-state index in [1.54, 1.807) is 0 Å². The van der Waals surface area contributed by atoms with Gasteiger partial charge in [-0.2, -0.15) is 10.2 Å². The van der Waals surface area contributed by atoms with Crippen LogP contribution in [0.25, 0.3) is 0 Å². The van der Waals surface area contributed by atoms with Gasteiger partial charge in [0.1, 0.15) is 0 Å². The lowest BCUT2D eigenvalue weighted by atomic mass is 10.1. The van der Waals surface area contributed by atoms with Crippen molar-refractivity contribution in [2.24, 2.45) is 5.84 Å². The molecule has 0 bridgehead atoms. The Labute approximate surface area is 130 Å². The first-order valence-electron chi connectivity index (χ1n) is 7.24. The van der Waals surface area contributed by atoms with E-state index in [0.29, 0.717) is 6.42 Å². The molecule has 21 heavy (non-hydrogen) atoms. The van der Waals surface area contributed by atoms with Crippen LogP contribution >= 0.6 is 11.6 Å². The Morgan fingerprint density at radius 2 is 1.90 bits per heavy atom. The number of hydrogen-bond donors (Lipinski definition) is 2. The summed E-state index contributed by atoms with van der Waals surface area (Å²) >= 11 is 6.39. The molecule has 2 heterocycles. The SMILES string of the molecule is CCn1nc(C)cc1C(Cc1c(Cl)c(C)nn1CC)NN. The van der Waals surface area contributed by atoms with Gasteiger partial charge >= 0.3 is 0 Å². The van der Waals surface area contributed by atoms with Crippen LogP contribution in [0.15, 0.2) is 6.07 Å². The molecule has 0 saturated heterocycles. The molecule has 2 rings (SSSR count). The lowest BCUT2D eigenvalue weighted by molar-refractivity contribution is 0.473. The molecule has 0 spiro atoms. The molecular formula is C14H23ClN6. The zero-order valence-electron chi connectivity index (χ0n) is 13.0. The Bertz CT molecular complexity index is 615. The third-order valence-electron chi connectivity index (χ3n) is 3.64. The minimum atomic E-state index is -0.0509. The Kier molecular flexibility index (Phi) is 5.03. The molecule has 0 aliphatic carbocycles. The summed E-state index contributed by atoms with van der Waals surface area (Å²) < 4.78 is 3.90. The first-order chi connectivity index (χ1) is 10.0. The van der Waals surface area contributed by atoms with Crippen LogP contribution in [0.3, 0.4) is 0 Å². The predicted molar refractivity (Wildman–Crippen MR) is 84.1 cm³/mol. The minimum absolute atomic E-state index is 0.0509. The number of nitrogens with one attached hydrogen (secondary N) is 1. The monoisotopic (exact) mass is 310 g/mol. The highest BCUT2D eigenvalue weighted by Gasteiger charge is 2.21. The zero-order valence-corrected chi connectivity index (χ0v) is 13.8. The Balaban J connectivity index is 2.35. The minimum Gasteiger partial charge on any atom is -0.271 e. The van der Waals surface area contributed by atoms with Gasteiger partial charge in [-0.25, -0.2) is 0 Å². The number of aryl methyl sites for hydroxylation is 4. The third kappa shape index (κ3) is 3.12. The van der Waals surface area contributed by atoms with E-state index in [4.69, 9.17) is 17.4 Å². The molecule has 3 N–H and O–H groups in total. The molecule has 6 nitrogen and oxygen atoms in total. The molecule has 116 valence electrons. The van der Waals surface area contributed by atoms with E-state index >= 15 is 0 Å². The van der Waals surface area contributed by atoms with Crippen molar-refractivity contribution in [3.8, 4) is 0 Å². The predicted octanol–water partition coefficient (Wildman–Crippen LogP) is 2.14. The maximum absolute atomic E-state index is 6.39. The highest BCUT2D eigenvalue weighted by Crippen LogP contribution is 2.26. The van der Waals surface area contributed by atoms with Gasteiger partial charge in [0, 0.05) is 19.5 Å². The largest absolute Gasteiger partial charge is 0.271 e. The van der Waals surface area contributed by atoms with Gasteiger partial charge in [-0.1, -0.05) is 11.6 Å². The van der Waals surface area contributed by atoms with Gasteiger partial charge in [-0.05, 0) is 33.8 Å². The second-order valence-electron chi connectivity index (χ2n) is 5.11. The highest BCUT2D eigenvalue weighted by molar-refractivity contribution is 6.31. The van der Waals surface area contributed by atoms with Gasteiger partial charge in [-0.15, -0.1) is 0 Å². The fourth-order valence-electron chi connectivity index (χ4n) is 2.61. The zero-order chi connectivity index (χ0) is 15.6. The summed E-state index contributed by atoms with van der Waals surface area (Å²) in [6.07, 6.45) is 0.676. The van der Waals surface area contributed by atoms with E-state index < -0.39 is 0 Å². The van der Waals surface area contributed by atoms with Crippen LogP contribution in [0, 0.1) is 13.8 Å². The molecule has 0 saturated carbocycles. The molecule has 2 aromatic rings. The number of nitrogens with two attached hydrogens (primary N) is 1. The third-order valence-corrected chi connectivity index (χ3v) is 4.13. The van der Waals surface area contributed by atoms with Crippen LogP contribution in [-0.4, -0.2) is 19.6 Å². The molecule has 1 atom stereocenters. The van der Waals surface area contributed by atoms with E-state index in [2.05, 4.69) is 35.5 Å². The van der Waals surface area contributed by atoms with E-state index in [1.807, 2.05) is 23.2 Å². The van der Waals surface area contributed by atoms with Crippen LogP contribution in [0.1, 0.15) is 42.7 Å². The van der Waals surface area contributed by atoms with Gasteiger partial charge in [0.15, 0.2) is 0 Å². The van der Waals surface area contributed by atoms with Gasteiger partial charge in [0.25, 0.3) is 0 Å². The van der Waals surface area contributed by atoms with Crippen molar-refractivity contribution in [3.05, 3.63) is 33.9 Å². The van der Waals surface area contributed by atoms with Crippen LogP contribution in [-0.2, 0) is 19.5 Å². The fraction of sp³-hybridized carbons (Fsp3) is 0.571. The average Bonchev–Trinajstić information content (AvgIpc) is 2.98. The van der Waals surface area contributed by atoms with E-state index in [1.165, 1.54) is 0 Å². The van der Waals surface area contributed by atoms with Crippen LogP contribution in [0.2, 0.25) is 5.02 Å². The molecule has 0 aromatic carbocycles. The topological polar surface area (TPSA) is 73.7 Å². The normalized spacial score (nSPS) is 12.9. The lowest BCUT2D eigenvalue weighted by Crippen LogP contribution is -2.32. The van der Waals surface area contributed by atoms with Crippen molar-refractivity contribution >= 4 is 11.6 Å². The quantitative estimate of drug-likeness (QED) is 0.633. The smallest absolute Gasteiger partial charge is 0.0847 e. The van der Waals surface area contributed by atoms with Crippen molar-refractivity contribution in [1.82, 2.24) is 25.0 Å². The Morgan fingerprint density at radius 3 is 2.48 bits per heavy atom. The Hall–Kier alpha value is -1.37. The average molecular weight is 311 g/mol. The van der Waals surface area contributed by atoms with Crippen molar-refractivity contribution < 1.29 is 0 Å². The van der Waals surface area contributed by atoms with Gasteiger partial charge in [0.05, 0.1) is 33.8 Å². The maximum atomic E-state index is 6.39. The molecule has 1 unspecified atom stereocenters. The first kappa shape index (κ1) is 16.0. The summed E-state index contributed by atoms with van der Waals surface area (Å²) in [7, 11) is 0. The van der Waals surface area contributed by atoms with E-state index in [0.717, 1.165) is 40.9 Å².